The van der Waals surface area contributed by atoms with Crippen LogP contribution in [0.5, 0.6) is 0 Å². The molecule has 17 heavy (non-hydrogen) atoms. The number of terminal acetylenes is 1. The second-order valence-corrected chi connectivity index (χ2v) is 4.64. The van der Waals surface area contributed by atoms with Crippen molar-refractivity contribution in [2.24, 2.45) is 5.73 Å². The van der Waals surface area contributed by atoms with Crippen molar-refractivity contribution >= 4 is 0 Å². The van der Waals surface area contributed by atoms with Gasteiger partial charge >= 0.3 is 0 Å². The van der Waals surface area contributed by atoms with Crippen molar-refractivity contribution in [1.82, 2.24) is 5.32 Å². The van der Waals surface area contributed by atoms with Crippen molar-refractivity contribution in [1.29, 1.82) is 0 Å². The van der Waals surface area contributed by atoms with E-state index in [0.29, 0.717) is 6.04 Å². The molecule has 0 saturated carbocycles. The molecule has 2 rings (SSSR count). The molecule has 0 aliphatic heterocycles. The maximum atomic E-state index is 6.12. The monoisotopic (exact) mass is 228 g/mol. The Hall–Kier alpha value is -1.30. The molecule has 0 heterocycles. The molecule has 3 N–H and O–H groups in total. The number of nitrogens with one attached hydrogen (secondary N) is 1. The first-order valence-electron chi connectivity index (χ1n) is 6.34. The number of benzene rings is 1. The molecular formula is C15H20N2. The van der Waals surface area contributed by atoms with Gasteiger partial charge in [-0.1, -0.05) is 24.3 Å². The molecule has 1 aromatic rings. The van der Waals surface area contributed by atoms with Crippen LogP contribution in [0, 0.1) is 12.3 Å². The lowest BCUT2D eigenvalue weighted by atomic mass is 10.1. The fourth-order valence-corrected chi connectivity index (χ4v) is 2.50. The summed E-state index contributed by atoms with van der Waals surface area (Å²) >= 11 is 0. The van der Waals surface area contributed by atoms with Crippen LogP contribution >= 0.6 is 0 Å². The van der Waals surface area contributed by atoms with Gasteiger partial charge in [0.2, 0.25) is 0 Å². The van der Waals surface area contributed by atoms with Gasteiger partial charge in [0.15, 0.2) is 0 Å². The molecule has 1 aromatic carbocycles. The molecule has 1 aliphatic rings. The summed E-state index contributed by atoms with van der Waals surface area (Å²) < 4.78 is 0. The van der Waals surface area contributed by atoms with Crippen LogP contribution in [0.25, 0.3) is 0 Å². The van der Waals surface area contributed by atoms with E-state index < -0.39 is 0 Å². The predicted molar refractivity (Wildman–Crippen MR) is 71.4 cm³/mol. The normalized spacial score (nSPS) is 22.1. The third-order valence-electron chi connectivity index (χ3n) is 3.40. The molecule has 2 nitrogen and oxygen atoms in total. The summed E-state index contributed by atoms with van der Waals surface area (Å²) in [6.07, 6.45) is 9.35. The van der Waals surface area contributed by atoms with E-state index in [-0.39, 0.29) is 6.04 Å². The van der Waals surface area contributed by atoms with E-state index in [2.05, 4.69) is 35.5 Å². The lowest BCUT2D eigenvalue weighted by Gasteiger charge is -2.13. The third kappa shape index (κ3) is 2.88. The number of fused-ring (bicyclic) bond motifs is 1. The zero-order valence-corrected chi connectivity index (χ0v) is 10.2. The van der Waals surface area contributed by atoms with Crippen LogP contribution in [-0.4, -0.2) is 6.54 Å². The van der Waals surface area contributed by atoms with Crippen molar-refractivity contribution in [3.05, 3.63) is 35.4 Å². The van der Waals surface area contributed by atoms with Gasteiger partial charge in [-0.2, -0.15) is 0 Å². The SMILES string of the molecule is C#CCCCCNC1CC(N)c2ccccc21. The maximum Gasteiger partial charge on any atom is 0.0341 e. The molecule has 0 aromatic heterocycles. The number of unbranched alkanes of at least 4 members (excludes halogenated alkanes) is 2. The first-order chi connectivity index (χ1) is 8.33. The Morgan fingerprint density at radius 1 is 1.29 bits per heavy atom. The molecule has 90 valence electrons. The van der Waals surface area contributed by atoms with Crippen molar-refractivity contribution in [2.45, 2.75) is 37.8 Å². The van der Waals surface area contributed by atoms with E-state index in [1.165, 1.54) is 11.1 Å². The van der Waals surface area contributed by atoms with Crippen molar-refractivity contribution in [3.8, 4) is 12.3 Å². The van der Waals surface area contributed by atoms with E-state index in [1.54, 1.807) is 0 Å². The van der Waals surface area contributed by atoms with Crippen LogP contribution in [0.15, 0.2) is 24.3 Å². The first-order valence-corrected chi connectivity index (χ1v) is 6.34. The van der Waals surface area contributed by atoms with Crippen LogP contribution in [0.2, 0.25) is 0 Å². The molecular weight excluding hydrogens is 208 g/mol. The zero-order valence-electron chi connectivity index (χ0n) is 10.2. The van der Waals surface area contributed by atoms with Gasteiger partial charge in [-0.15, -0.1) is 12.3 Å². The lowest BCUT2D eigenvalue weighted by Crippen LogP contribution is -2.21. The van der Waals surface area contributed by atoms with Crippen LogP contribution in [0.3, 0.4) is 0 Å². The van der Waals surface area contributed by atoms with E-state index in [0.717, 1.165) is 32.2 Å². The Bertz CT molecular complexity index is 406. The lowest BCUT2D eigenvalue weighted by molar-refractivity contribution is 0.488. The largest absolute Gasteiger partial charge is 0.324 e. The van der Waals surface area contributed by atoms with Gasteiger partial charge in [0, 0.05) is 18.5 Å². The highest BCUT2D eigenvalue weighted by Crippen LogP contribution is 2.36. The summed E-state index contributed by atoms with van der Waals surface area (Å²) in [7, 11) is 0. The minimum atomic E-state index is 0.189. The average Bonchev–Trinajstić information content (AvgIpc) is 2.67. The van der Waals surface area contributed by atoms with Gasteiger partial charge in [0.25, 0.3) is 0 Å². The van der Waals surface area contributed by atoms with E-state index in [4.69, 9.17) is 12.2 Å². The second-order valence-electron chi connectivity index (χ2n) is 4.64. The van der Waals surface area contributed by atoms with Gasteiger partial charge in [-0.05, 0) is 36.9 Å². The van der Waals surface area contributed by atoms with Gasteiger partial charge in [0.05, 0.1) is 0 Å². The molecule has 0 saturated heterocycles. The summed E-state index contributed by atoms with van der Waals surface area (Å²) in [4.78, 5) is 0. The van der Waals surface area contributed by atoms with Gasteiger partial charge < -0.3 is 11.1 Å². The molecule has 2 unspecified atom stereocenters. The minimum absolute atomic E-state index is 0.189. The number of hydrogen-bond acceptors (Lipinski definition) is 2. The average molecular weight is 228 g/mol. The highest BCUT2D eigenvalue weighted by Gasteiger charge is 2.27. The third-order valence-corrected chi connectivity index (χ3v) is 3.40. The Kier molecular flexibility index (Phi) is 4.19. The molecule has 0 amide bonds. The smallest absolute Gasteiger partial charge is 0.0341 e. The first kappa shape index (κ1) is 12.2. The van der Waals surface area contributed by atoms with Crippen molar-refractivity contribution in [2.75, 3.05) is 6.54 Å². The summed E-state index contributed by atoms with van der Waals surface area (Å²) in [5.41, 5.74) is 8.79. The van der Waals surface area contributed by atoms with E-state index in [1.807, 2.05) is 0 Å². The van der Waals surface area contributed by atoms with Gasteiger partial charge in [0.1, 0.15) is 0 Å². The predicted octanol–water partition coefficient (Wildman–Crippen LogP) is 2.52. The molecule has 0 bridgehead atoms. The Morgan fingerprint density at radius 2 is 2.06 bits per heavy atom. The molecule has 2 atom stereocenters. The zero-order chi connectivity index (χ0) is 12.1. The highest BCUT2D eigenvalue weighted by atomic mass is 14.9. The fourth-order valence-electron chi connectivity index (χ4n) is 2.50. The van der Waals surface area contributed by atoms with E-state index >= 15 is 0 Å². The molecule has 0 fully saturated rings. The van der Waals surface area contributed by atoms with Crippen LogP contribution < -0.4 is 11.1 Å². The van der Waals surface area contributed by atoms with Crippen LogP contribution in [0.4, 0.5) is 0 Å². The van der Waals surface area contributed by atoms with Crippen LogP contribution in [-0.2, 0) is 0 Å². The minimum Gasteiger partial charge on any atom is -0.324 e. The van der Waals surface area contributed by atoms with Gasteiger partial charge in [-0.3, -0.25) is 0 Å². The standard InChI is InChI=1S/C15H20N2/c1-2-3-4-7-10-17-15-11-14(16)12-8-5-6-9-13(12)15/h1,5-6,8-9,14-15,17H,3-4,7,10-11,16H2. The highest BCUT2D eigenvalue weighted by molar-refractivity contribution is 5.37. The number of nitrogens with two attached hydrogens (primary N) is 1. The van der Waals surface area contributed by atoms with Gasteiger partial charge in [-0.25, -0.2) is 0 Å². The Balaban J connectivity index is 1.86. The maximum absolute atomic E-state index is 6.12. The number of rotatable bonds is 5. The molecule has 1 aliphatic carbocycles. The van der Waals surface area contributed by atoms with Crippen molar-refractivity contribution < 1.29 is 0 Å². The summed E-state index contributed by atoms with van der Waals surface area (Å²) in [5.74, 6) is 2.67. The number of hydrogen-bond donors (Lipinski definition) is 2. The Morgan fingerprint density at radius 3 is 2.82 bits per heavy atom. The molecule has 0 radical (unpaired) electrons. The molecule has 2 heteroatoms. The summed E-state index contributed by atoms with van der Waals surface area (Å²) in [5, 5.41) is 3.58. The van der Waals surface area contributed by atoms with Crippen LogP contribution in [0.1, 0.15) is 48.9 Å². The quantitative estimate of drug-likeness (QED) is 0.600. The van der Waals surface area contributed by atoms with E-state index in [9.17, 15) is 0 Å². The van der Waals surface area contributed by atoms with Crippen molar-refractivity contribution in [3.63, 3.8) is 0 Å². The summed E-state index contributed by atoms with van der Waals surface area (Å²) in [6.45, 7) is 1.02. The summed E-state index contributed by atoms with van der Waals surface area (Å²) in [6, 6.07) is 9.08. The second kappa shape index (κ2) is 5.86. The topological polar surface area (TPSA) is 38.0 Å². The fraction of sp³-hybridized carbons (Fsp3) is 0.467. The Labute approximate surface area is 104 Å². The molecule has 0 spiro atoms.